The third-order valence-electron chi connectivity index (χ3n) is 5.41. The van der Waals surface area contributed by atoms with E-state index in [1.54, 1.807) is 0 Å². The number of aromatic nitrogens is 1. The van der Waals surface area contributed by atoms with Crippen LogP contribution in [0.25, 0.3) is 10.9 Å². The van der Waals surface area contributed by atoms with Gasteiger partial charge in [-0.15, -0.1) is 0 Å². The van der Waals surface area contributed by atoms with Crippen LogP contribution in [0.5, 0.6) is 0 Å². The molecule has 0 spiro atoms. The molecule has 2 unspecified atom stereocenters. The van der Waals surface area contributed by atoms with Gasteiger partial charge in [0.05, 0.1) is 0 Å². The zero-order valence-corrected chi connectivity index (χ0v) is 13.3. The quantitative estimate of drug-likeness (QED) is 0.858. The van der Waals surface area contributed by atoms with Gasteiger partial charge in [-0.2, -0.15) is 0 Å². The number of H-pyrrole nitrogens is 1. The van der Waals surface area contributed by atoms with E-state index < -0.39 is 0 Å². The molecule has 1 aliphatic heterocycles. The molecule has 1 fully saturated rings. The van der Waals surface area contributed by atoms with Gasteiger partial charge in [-0.1, -0.05) is 25.1 Å². The van der Waals surface area contributed by atoms with Crippen molar-refractivity contribution in [3.05, 3.63) is 35.5 Å². The molecule has 3 nitrogen and oxygen atoms in total. The van der Waals surface area contributed by atoms with Crippen LogP contribution < -0.4 is 0 Å². The normalized spacial score (nSPS) is 25.2. The highest BCUT2D eigenvalue weighted by Gasteiger charge is 2.31. The lowest BCUT2D eigenvalue weighted by Crippen LogP contribution is -2.43. The number of hydrogen-bond donors (Lipinski definition) is 1. The van der Waals surface area contributed by atoms with Crippen molar-refractivity contribution in [3.63, 3.8) is 0 Å². The highest BCUT2D eigenvalue weighted by atomic mass is 16.2. The molecule has 22 heavy (non-hydrogen) atoms. The van der Waals surface area contributed by atoms with Crippen molar-refractivity contribution in [2.24, 2.45) is 11.8 Å². The fraction of sp³-hybridized carbons (Fsp3) is 0.526. The molecule has 1 amide bonds. The van der Waals surface area contributed by atoms with Crippen LogP contribution in [0.15, 0.2) is 24.3 Å². The summed E-state index contributed by atoms with van der Waals surface area (Å²) in [6.07, 6.45) is 5.33. The first-order chi connectivity index (χ1) is 10.7. The minimum Gasteiger partial charge on any atom is -0.358 e. The zero-order valence-electron chi connectivity index (χ0n) is 13.3. The van der Waals surface area contributed by atoms with E-state index in [0.717, 1.165) is 38.8 Å². The Labute approximate surface area is 131 Å². The van der Waals surface area contributed by atoms with Crippen LogP contribution >= 0.6 is 0 Å². The number of para-hydroxylation sites is 1. The van der Waals surface area contributed by atoms with Crippen LogP contribution in [0.4, 0.5) is 0 Å². The van der Waals surface area contributed by atoms with Crippen molar-refractivity contribution in [2.75, 3.05) is 13.1 Å². The summed E-state index contributed by atoms with van der Waals surface area (Å²) in [6, 6.07) is 8.48. The molecule has 2 heterocycles. The lowest BCUT2D eigenvalue weighted by atomic mass is 9.85. The fourth-order valence-corrected chi connectivity index (χ4v) is 4.23. The maximum atomic E-state index is 12.9. The summed E-state index contributed by atoms with van der Waals surface area (Å²) in [5.41, 5.74) is 3.94. The minimum atomic E-state index is 0.178. The molecular weight excluding hydrogens is 272 g/mol. The summed E-state index contributed by atoms with van der Waals surface area (Å²) < 4.78 is 0. The number of rotatable bonds is 1. The number of nitrogens with zero attached hydrogens (tertiary/aromatic N) is 1. The number of carbonyl (C=O) groups is 1. The van der Waals surface area contributed by atoms with Crippen LogP contribution in [0.2, 0.25) is 0 Å². The number of fused-ring (bicyclic) bond motifs is 3. The number of piperidine rings is 1. The number of hydrogen-bond acceptors (Lipinski definition) is 1. The van der Waals surface area contributed by atoms with Crippen molar-refractivity contribution in [2.45, 2.75) is 39.0 Å². The molecule has 2 atom stereocenters. The van der Waals surface area contributed by atoms with Gasteiger partial charge in [0.15, 0.2) is 0 Å². The van der Waals surface area contributed by atoms with E-state index in [4.69, 9.17) is 0 Å². The van der Waals surface area contributed by atoms with Gasteiger partial charge >= 0.3 is 0 Å². The third kappa shape index (κ3) is 2.33. The Kier molecular flexibility index (Phi) is 3.44. The maximum Gasteiger partial charge on any atom is 0.226 e. The topological polar surface area (TPSA) is 36.1 Å². The second kappa shape index (κ2) is 5.45. The number of benzene rings is 1. The molecule has 2 aliphatic rings. The van der Waals surface area contributed by atoms with Gasteiger partial charge in [0.1, 0.15) is 0 Å². The van der Waals surface area contributed by atoms with Crippen LogP contribution in [0.1, 0.15) is 37.4 Å². The van der Waals surface area contributed by atoms with E-state index in [9.17, 15) is 4.79 Å². The molecule has 3 heteroatoms. The molecular formula is C19H24N2O. The van der Waals surface area contributed by atoms with E-state index >= 15 is 0 Å². The lowest BCUT2D eigenvalue weighted by Gasteiger charge is -2.34. The summed E-state index contributed by atoms with van der Waals surface area (Å²) in [6.45, 7) is 4.18. The lowest BCUT2D eigenvalue weighted by molar-refractivity contribution is -0.137. The van der Waals surface area contributed by atoms with Crippen molar-refractivity contribution in [3.8, 4) is 0 Å². The van der Waals surface area contributed by atoms with Crippen LogP contribution in [0, 0.1) is 11.8 Å². The zero-order chi connectivity index (χ0) is 15.1. The Morgan fingerprint density at radius 3 is 3.00 bits per heavy atom. The summed E-state index contributed by atoms with van der Waals surface area (Å²) in [4.78, 5) is 18.5. The highest BCUT2D eigenvalue weighted by Crippen LogP contribution is 2.33. The molecule has 0 saturated carbocycles. The molecule has 2 aromatic rings. The molecule has 1 aromatic carbocycles. The first-order valence-corrected chi connectivity index (χ1v) is 8.59. The predicted octanol–water partition coefficient (Wildman–Crippen LogP) is 3.53. The van der Waals surface area contributed by atoms with Crippen molar-refractivity contribution >= 4 is 16.8 Å². The van der Waals surface area contributed by atoms with E-state index in [-0.39, 0.29) is 5.92 Å². The van der Waals surface area contributed by atoms with E-state index in [0.29, 0.717) is 11.8 Å². The molecule has 1 aliphatic carbocycles. The number of aryl methyl sites for hydroxylation is 1. The summed E-state index contributed by atoms with van der Waals surface area (Å²) in [5.74, 6) is 1.23. The average molecular weight is 296 g/mol. The van der Waals surface area contributed by atoms with Gasteiger partial charge in [0, 0.05) is 35.6 Å². The average Bonchev–Trinajstić information content (AvgIpc) is 2.92. The maximum absolute atomic E-state index is 12.9. The number of nitrogens with one attached hydrogen (secondary N) is 1. The Balaban J connectivity index is 1.57. The van der Waals surface area contributed by atoms with Crippen molar-refractivity contribution < 1.29 is 4.79 Å². The SMILES string of the molecule is CC1CCCN(C(=O)C2CCc3[nH]c4ccccc4c3C2)C1. The molecule has 0 radical (unpaired) electrons. The molecule has 0 bridgehead atoms. The molecule has 1 N–H and O–H groups in total. The molecule has 116 valence electrons. The third-order valence-corrected chi connectivity index (χ3v) is 5.41. The minimum absolute atomic E-state index is 0.178. The van der Waals surface area contributed by atoms with Crippen LogP contribution in [-0.4, -0.2) is 28.9 Å². The Morgan fingerprint density at radius 2 is 2.14 bits per heavy atom. The fourth-order valence-electron chi connectivity index (χ4n) is 4.23. The summed E-state index contributed by atoms with van der Waals surface area (Å²) >= 11 is 0. The number of likely N-dealkylation sites (tertiary alicyclic amines) is 1. The molecule has 4 rings (SSSR count). The monoisotopic (exact) mass is 296 g/mol. The Hall–Kier alpha value is -1.77. The van der Waals surface area contributed by atoms with Gasteiger partial charge in [-0.05, 0) is 49.7 Å². The van der Waals surface area contributed by atoms with E-state index in [1.807, 2.05) is 0 Å². The first kappa shape index (κ1) is 13.9. The van der Waals surface area contributed by atoms with Crippen molar-refractivity contribution in [1.29, 1.82) is 0 Å². The van der Waals surface area contributed by atoms with E-state index in [1.165, 1.54) is 28.6 Å². The van der Waals surface area contributed by atoms with Gasteiger partial charge in [-0.3, -0.25) is 4.79 Å². The number of carbonyl (C=O) groups excluding carboxylic acids is 1. The number of aromatic amines is 1. The summed E-state index contributed by atoms with van der Waals surface area (Å²) in [5, 5.41) is 1.31. The van der Waals surface area contributed by atoms with Gasteiger partial charge in [0.2, 0.25) is 5.91 Å². The smallest absolute Gasteiger partial charge is 0.226 e. The van der Waals surface area contributed by atoms with Gasteiger partial charge in [-0.25, -0.2) is 0 Å². The van der Waals surface area contributed by atoms with Gasteiger partial charge in [0.25, 0.3) is 0 Å². The largest absolute Gasteiger partial charge is 0.358 e. The standard InChI is InChI=1S/C19H24N2O/c1-13-5-4-10-21(12-13)19(22)14-8-9-18-16(11-14)15-6-2-3-7-17(15)20-18/h2-3,6-7,13-14,20H,4-5,8-12H2,1H3. The molecule has 1 aromatic heterocycles. The summed E-state index contributed by atoms with van der Waals surface area (Å²) in [7, 11) is 0. The highest BCUT2D eigenvalue weighted by molar-refractivity contribution is 5.87. The second-order valence-corrected chi connectivity index (χ2v) is 7.10. The predicted molar refractivity (Wildman–Crippen MR) is 88.8 cm³/mol. The number of amides is 1. The van der Waals surface area contributed by atoms with Crippen LogP contribution in [0.3, 0.4) is 0 Å². The van der Waals surface area contributed by atoms with Crippen LogP contribution in [-0.2, 0) is 17.6 Å². The second-order valence-electron chi connectivity index (χ2n) is 7.10. The van der Waals surface area contributed by atoms with E-state index in [2.05, 4.69) is 41.1 Å². The Morgan fingerprint density at radius 1 is 1.27 bits per heavy atom. The van der Waals surface area contributed by atoms with Crippen molar-refractivity contribution in [1.82, 2.24) is 9.88 Å². The molecule has 1 saturated heterocycles. The van der Waals surface area contributed by atoms with Gasteiger partial charge < -0.3 is 9.88 Å². The first-order valence-electron chi connectivity index (χ1n) is 8.59. The Bertz CT molecular complexity index is 703.